The van der Waals surface area contributed by atoms with Crippen LogP contribution in [0, 0.1) is 5.92 Å². The molecule has 3 aromatic rings. The Hall–Kier alpha value is -2.51. The van der Waals surface area contributed by atoms with Crippen molar-refractivity contribution in [1.29, 1.82) is 0 Å². The second-order valence-electron chi connectivity index (χ2n) is 8.37. The van der Waals surface area contributed by atoms with Gasteiger partial charge in [0.05, 0.1) is 5.39 Å². The van der Waals surface area contributed by atoms with Crippen LogP contribution in [0.15, 0.2) is 35.1 Å². The Labute approximate surface area is 179 Å². The molecule has 0 radical (unpaired) electrons. The second kappa shape index (κ2) is 8.32. The fraction of sp³-hybridized carbons (Fsp3) is 0.435. The first kappa shape index (κ1) is 19.5. The van der Waals surface area contributed by atoms with Gasteiger partial charge in [0.2, 0.25) is 5.82 Å². The highest BCUT2D eigenvalue weighted by atomic mass is 32.1. The SMILES string of the molecule is O=C(NCC1CCN(Cc2ccccc2)CC1)c1nc2sc3c(c2c(=O)[nH]1)CCC3. The number of hydrogen-bond donors (Lipinski definition) is 2. The van der Waals surface area contributed by atoms with E-state index in [4.69, 9.17) is 0 Å². The Bertz CT molecular complexity index is 1110. The summed E-state index contributed by atoms with van der Waals surface area (Å²) in [6, 6.07) is 10.5. The fourth-order valence-electron chi connectivity index (χ4n) is 4.62. The van der Waals surface area contributed by atoms with E-state index in [1.165, 1.54) is 10.4 Å². The first-order chi connectivity index (χ1) is 14.7. The van der Waals surface area contributed by atoms with E-state index in [0.29, 0.717) is 22.7 Å². The minimum absolute atomic E-state index is 0.133. The molecule has 1 amide bonds. The van der Waals surface area contributed by atoms with Gasteiger partial charge in [-0.15, -0.1) is 11.3 Å². The summed E-state index contributed by atoms with van der Waals surface area (Å²) in [6.45, 7) is 3.69. The zero-order valence-electron chi connectivity index (χ0n) is 16.9. The molecule has 0 saturated carbocycles. The van der Waals surface area contributed by atoms with Gasteiger partial charge >= 0.3 is 0 Å². The molecule has 1 aromatic carbocycles. The number of fused-ring (bicyclic) bond motifs is 3. The van der Waals surface area contributed by atoms with Crippen LogP contribution in [-0.2, 0) is 19.4 Å². The molecule has 30 heavy (non-hydrogen) atoms. The maximum Gasteiger partial charge on any atom is 0.287 e. The summed E-state index contributed by atoms with van der Waals surface area (Å²) in [5.74, 6) is 0.310. The number of aromatic amines is 1. The van der Waals surface area contributed by atoms with Crippen molar-refractivity contribution in [3.05, 3.63) is 62.5 Å². The van der Waals surface area contributed by atoms with E-state index in [2.05, 4.69) is 44.5 Å². The van der Waals surface area contributed by atoms with Crippen molar-refractivity contribution in [1.82, 2.24) is 20.2 Å². The number of nitrogens with zero attached hydrogens (tertiary/aromatic N) is 2. The van der Waals surface area contributed by atoms with Crippen LogP contribution in [0.1, 0.15) is 45.9 Å². The largest absolute Gasteiger partial charge is 0.349 e. The molecule has 6 nitrogen and oxygen atoms in total. The predicted octanol–water partition coefficient (Wildman–Crippen LogP) is 3.12. The Morgan fingerprint density at radius 3 is 2.80 bits per heavy atom. The molecule has 1 aliphatic heterocycles. The van der Waals surface area contributed by atoms with Crippen molar-refractivity contribution in [2.45, 2.75) is 38.6 Å². The lowest BCUT2D eigenvalue weighted by molar-refractivity contribution is 0.0925. The average molecular weight is 423 g/mol. The third-order valence-electron chi connectivity index (χ3n) is 6.30. The van der Waals surface area contributed by atoms with Crippen molar-refractivity contribution in [3.63, 3.8) is 0 Å². The molecule has 0 unspecified atom stereocenters. The Morgan fingerprint density at radius 1 is 1.20 bits per heavy atom. The molecule has 2 N–H and O–H groups in total. The number of hydrogen-bond acceptors (Lipinski definition) is 5. The van der Waals surface area contributed by atoms with Gasteiger partial charge in [-0.2, -0.15) is 0 Å². The minimum atomic E-state index is -0.283. The molecule has 0 spiro atoms. The monoisotopic (exact) mass is 422 g/mol. The van der Waals surface area contributed by atoms with E-state index in [1.807, 2.05) is 6.07 Å². The average Bonchev–Trinajstić information content (AvgIpc) is 3.34. The number of nitrogens with one attached hydrogen (secondary N) is 2. The molecule has 0 atom stereocenters. The number of carbonyl (C=O) groups is 1. The van der Waals surface area contributed by atoms with Crippen LogP contribution in [0.3, 0.4) is 0 Å². The maximum atomic E-state index is 12.6. The number of carbonyl (C=O) groups excluding carboxylic acids is 1. The van der Waals surface area contributed by atoms with Crippen molar-refractivity contribution in [2.24, 2.45) is 5.92 Å². The predicted molar refractivity (Wildman–Crippen MR) is 119 cm³/mol. The minimum Gasteiger partial charge on any atom is -0.349 e. The number of piperidine rings is 1. The van der Waals surface area contributed by atoms with Gasteiger partial charge in [0.15, 0.2) is 0 Å². The molecule has 1 aliphatic carbocycles. The highest BCUT2D eigenvalue weighted by molar-refractivity contribution is 7.18. The normalized spacial score (nSPS) is 17.3. The maximum absolute atomic E-state index is 12.6. The summed E-state index contributed by atoms with van der Waals surface area (Å²) in [5, 5.41) is 3.68. The lowest BCUT2D eigenvalue weighted by Crippen LogP contribution is -2.39. The Kier molecular flexibility index (Phi) is 5.39. The molecule has 1 saturated heterocycles. The van der Waals surface area contributed by atoms with Crippen LogP contribution < -0.4 is 10.9 Å². The van der Waals surface area contributed by atoms with Gasteiger partial charge in [0, 0.05) is 18.0 Å². The van der Waals surface area contributed by atoms with Gasteiger partial charge < -0.3 is 10.3 Å². The molecule has 7 heteroatoms. The summed E-state index contributed by atoms with van der Waals surface area (Å²) in [5.41, 5.74) is 2.30. The summed E-state index contributed by atoms with van der Waals surface area (Å²) in [7, 11) is 0. The van der Waals surface area contributed by atoms with E-state index in [9.17, 15) is 9.59 Å². The molecular weight excluding hydrogens is 396 g/mol. The quantitative estimate of drug-likeness (QED) is 0.662. The number of amides is 1. The van der Waals surface area contributed by atoms with E-state index in [-0.39, 0.29) is 17.3 Å². The topological polar surface area (TPSA) is 78.1 Å². The molecule has 3 heterocycles. The van der Waals surface area contributed by atoms with Crippen LogP contribution in [0.25, 0.3) is 10.2 Å². The molecule has 156 valence electrons. The Morgan fingerprint density at radius 2 is 2.00 bits per heavy atom. The fourth-order valence-corrected chi connectivity index (χ4v) is 5.88. The van der Waals surface area contributed by atoms with E-state index >= 15 is 0 Å². The van der Waals surface area contributed by atoms with E-state index in [0.717, 1.165) is 57.3 Å². The summed E-state index contributed by atoms with van der Waals surface area (Å²) in [4.78, 5) is 36.7. The third kappa shape index (κ3) is 3.91. The van der Waals surface area contributed by atoms with Gasteiger partial charge in [-0.05, 0) is 62.2 Å². The van der Waals surface area contributed by atoms with Crippen molar-refractivity contribution in [2.75, 3.05) is 19.6 Å². The van der Waals surface area contributed by atoms with Gasteiger partial charge in [-0.1, -0.05) is 30.3 Å². The second-order valence-corrected chi connectivity index (χ2v) is 9.45. The zero-order chi connectivity index (χ0) is 20.5. The molecule has 2 aliphatic rings. The lowest BCUT2D eigenvalue weighted by atomic mass is 9.96. The standard InChI is InChI=1S/C23H26N4O2S/c28-21-19-17-7-4-8-18(17)30-23(19)26-20(25-21)22(29)24-13-15-9-11-27(12-10-15)14-16-5-2-1-3-6-16/h1-3,5-6,15H,4,7-14H2,(H,24,29)(H,25,26,28). The first-order valence-corrected chi connectivity index (χ1v) is 11.6. The Balaban J connectivity index is 1.17. The van der Waals surface area contributed by atoms with E-state index in [1.54, 1.807) is 11.3 Å². The van der Waals surface area contributed by atoms with Gasteiger partial charge in [-0.3, -0.25) is 14.5 Å². The van der Waals surface area contributed by atoms with Gasteiger partial charge in [-0.25, -0.2) is 4.98 Å². The van der Waals surface area contributed by atoms with Crippen LogP contribution in [-0.4, -0.2) is 40.4 Å². The third-order valence-corrected chi connectivity index (χ3v) is 7.48. The van der Waals surface area contributed by atoms with Gasteiger partial charge in [0.1, 0.15) is 4.83 Å². The number of benzene rings is 1. The summed E-state index contributed by atoms with van der Waals surface area (Å²) >= 11 is 1.56. The molecular formula is C23H26N4O2S. The lowest BCUT2D eigenvalue weighted by Gasteiger charge is -2.32. The molecule has 0 bridgehead atoms. The summed E-state index contributed by atoms with van der Waals surface area (Å²) in [6.07, 6.45) is 5.18. The number of aryl methyl sites for hydroxylation is 2. The number of aromatic nitrogens is 2. The number of rotatable bonds is 5. The highest BCUT2D eigenvalue weighted by Gasteiger charge is 2.23. The van der Waals surface area contributed by atoms with Gasteiger partial charge in [0.25, 0.3) is 11.5 Å². The van der Waals surface area contributed by atoms with Crippen LogP contribution in [0.4, 0.5) is 0 Å². The number of thiophene rings is 1. The van der Waals surface area contributed by atoms with Crippen LogP contribution >= 0.6 is 11.3 Å². The van der Waals surface area contributed by atoms with Crippen LogP contribution in [0.2, 0.25) is 0 Å². The van der Waals surface area contributed by atoms with Crippen molar-refractivity contribution < 1.29 is 4.79 Å². The highest BCUT2D eigenvalue weighted by Crippen LogP contribution is 2.34. The number of likely N-dealkylation sites (tertiary alicyclic amines) is 1. The molecule has 1 fully saturated rings. The van der Waals surface area contributed by atoms with Crippen molar-refractivity contribution >= 4 is 27.5 Å². The smallest absolute Gasteiger partial charge is 0.287 e. The first-order valence-electron chi connectivity index (χ1n) is 10.8. The summed E-state index contributed by atoms with van der Waals surface area (Å²) < 4.78 is 0. The van der Waals surface area contributed by atoms with Crippen molar-refractivity contribution in [3.8, 4) is 0 Å². The molecule has 2 aromatic heterocycles. The number of H-pyrrole nitrogens is 1. The van der Waals surface area contributed by atoms with Crippen LogP contribution in [0.5, 0.6) is 0 Å². The molecule has 5 rings (SSSR count). The zero-order valence-corrected chi connectivity index (χ0v) is 17.8. The van der Waals surface area contributed by atoms with E-state index < -0.39 is 0 Å².